The molecule has 0 aliphatic carbocycles. The number of hydrogen-bond donors (Lipinski definition) is 1. The normalized spacial score (nSPS) is 11.2. The molecule has 0 fully saturated rings. The molecule has 1 rings (SSSR count). The summed E-state index contributed by atoms with van der Waals surface area (Å²) in [6.45, 7) is 0.524. The van der Waals surface area contributed by atoms with Gasteiger partial charge in [-0.25, -0.2) is 0 Å². The van der Waals surface area contributed by atoms with E-state index in [4.69, 9.17) is 10.2 Å². The third kappa shape index (κ3) is 2.47. The number of hydrogen-bond acceptors (Lipinski definition) is 2. The zero-order valence-corrected chi connectivity index (χ0v) is 8.85. The molecule has 2 N–H and O–H groups in total. The van der Waals surface area contributed by atoms with Crippen LogP contribution in [0.1, 0.15) is 5.76 Å². The third-order valence-corrected chi connectivity index (χ3v) is 2.79. The molecule has 0 saturated carbocycles. The molecule has 0 saturated heterocycles. The minimum Gasteiger partial charge on any atom is -0.449 e. The minimum atomic E-state index is 0.524. The Hall–Kier alpha value is -0.0600. The van der Waals surface area contributed by atoms with Crippen molar-refractivity contribution >= 4 is 37.9 Å². The van der Waals surface area contributed by atoms with E-state index in [2.05, 4.69) is 31.9 Å². The van der Waals surface area contributed by atoms with E-state index in [1.54, 1.807) is 0 Å². The van der Waals surface area contributed by atoms with Crippen LogP contribution in [0.15, 0.2) is 25.7 Å². The summed E-state index contributed by atoms with van der Waals surface area (Å²) in [4.78, 5) is 0. The summed E-state index contributed by atoms with van der Waals surface area (Å²) in [6.07, 6.45) is 3.66. The van der Waals surface area contributed by atoms with Crippen LogP contribution in [0.2, 0.25) is 0 Å². The quantitative estimate of drug-likeness (QED) is 0.905. The van der Waals surface area contributed by atoms with E-state index >= 15 is 0 Å². The molecule has 0 bridgehead atoms. The highest BCUT2D eigenvalue weighted by atomic mass is 79.9. The Bertz CT molecular complexity index is 248. The van der Waals surface area contributed by atoms with Crippen molar-refractivity contribution < 1.29 is 4.42 Å². The Morgan fingerprint density at radius 3 is 2.73 bits per heavy atom. The van der Waals surface area contributed by atoms with Crippen LogP contribution in [0.5, 0.6) is 0 Å². The summed E-state index contributed by atoms with van der Waals surface area (Å²) in [5.74, 6) is 0.786. The summed E-state index contributed by atoms with van der Waals surface area (Å²) in [5, 5.41) is 0. The summed E-state index contributed by atoms with van der Waals surface area (Å²) >= 11 is 6.53. The van der Waals surface area contributed by atoms with Gasteiger partial charge in [-0.2, -0.15) is 0 Å². The fraction of sp³-hybridized carbons (Fsp3) is 0.143. The molecule has 0 atom stereocenters. The van der Waals surface area contributed by atoms with Crippen LogP contribution >= 0.6 is 31.9 Å². The van der Waals surface area contributed by atoms with Gasteiger partial charge in [-0.3, -0.25) is 0 Å². The van der Waals surface area contributed by atoms with Crippen LogP contribution < -0.4 is 5.73 Å². The SMILES string of the molecule is NCC=Cc1cc(Br)c(Br)o1. The summed E-state index contributed by atoms with van der Waals surface area (Å²) < 4.78 is 6.86. The molecule has 11 heavy (non-hydrogen) atoms. The second-order valence-electron chi connectivity index (χ2n) is 1.91. The van der Waals surface area contributed by atoms with Gasteiger partial charge in [0.05, 0.1) is 4.47 Å². The van der Waals surface area contributed by atoms with Crippen LogP contribution in [0.25, 0.3) is 6.08 Å². The lowest BCUT2D eigenvalue weighted by atomic mass is 10.4. The molecule has 0 aliphatic heterocycles. The third-order valence-electron chi connectivity index (χ3n) is 1.08. The van der Waals surface area contributed by atoms with Crippen molar-refractivity contribution in [3.8, 4) is 0 Å². The first-order chi connectivity index (χ1) is 5.24. The molecule has 0 spiro atoms. The van der Waals surface area contributed by atoms with Crippen molar-refractivity contribution in [2.45, 2.75) is 0 Å². The van der Waals surface area contributed by atoms with Gasteiger partial charge in [0.2, 0.25) is 0 Å². The predicted molar refractivity (Wildman–Crippen MR) is 52.2 cm³/mol. The van der Waals surface area contributed by atoms with E-state index in [1.807, 2.05) is 18.2 Å². The van der Waals surface area contributed by atoms with Gasteiger partial charge in [-0.1, -0.05) is 6.08 Å². The van der Waals surface area contributed by atoms with Crippen molar-refractivity contribution in [3.63, 3.8) is 0 Å². The Morgan fingerprint density at radius 1 is 1.55 bits per heavy atom. The number of furan rings is 1. The standard InChI is InChI=1S/C7H7Br2NO/c8-6-4-5(2-1-3-10)11-7(6)9/h1-2,4H,3,10H2. The molecular weight excluding hydrogens is 274 g/mol. The lowest BCUT2D eigenvalue weighted by molar-refractivity contribution is 0.530. The van der Waals surface area contributed by atoms with Crippen molar-refractivity contribution in [2.75, 3.05) is 6.54 Å². The number of halogens is 2. The predicted octanol–water partition coefficient (Wildman–Crippen LogP) is 2.78. The maximum atomic E-state index is 5.27. The topological polar surface area (TPSA) is 39.2 Å². The van der Waals surface area contributed by atoms with E-state index in [-0.39, 0.29) is 0 Å². The summed E-state index contributed by atoms with van der Waals surface area (Å²) in [5.41, 5.74) is 5.27. The fourth-order valence-corrected chi connectivity index (χ4v) is 1.24. The molecule has 2 nitrogen and oxygen atoms in total. The Labute approximate surface area is 81.7 Å². The number of nitrogens with two attached hydrogens (primary N) is 1. The lowest BCUT2D eigenvalue weighted by Crippen LogP contribution is -1.91. The van der Waals surface area contributed by atoms with Gasteiger partial charge in [-0.15, -0.1) is 0 Å². The van der Waals surface area contributed by atoms with E-state index in [1.165, 1.54) is 0 Å². The van der Waals surface area contributed by atoms with E-state index < -0.39 is 0 Å². The summed E-state index contributed by atoms with van der Waals surface area (Å²) in [7, 11) is 0. The molecule has 1 aromatic rings. The molecule has 60 valence electrons. The first-order valence-electron chi connectivity index (χ1n) is 3.05. The van der Waals surface area contributed by atoms with Gasteiger partial charge < -0.3 is 10.2 Å². The smallest absolute Gasteiger partial charge is 0.184 e. The second-order valence-corrected chi connectivity index (χ2v) is 3.48. The fourth-order valence-electron chi connectivity index (χ4n) is 0.630. The second kappa shape index (κ2) is 4.09. The van der Waals surface area contributed by atoms with E-state index in [9.17, 15) is 0 Å². The highest BCUT2D eigenvalue weighted by Crippen LogP contribution is 2.27. The monoisotopic (exact) mass is 279 g/mol. The molecule has 0 amide bonds. The average molecular weight is 281 g/mol. The van der Waals surface area contributed by atoms with Gasteiger partial charge in [0.25, 0.3) is 0 Å². The maximum Gasteiger partial charge on any atom is 0.184 e. The highest BCUT2D eigenvalue weighted by Gasteiger charge is 2.01. The molecule has 1 heterocycles. The van der Waals surface area contributed by atoms with Gasteiger partial charge >= 0.3 is 0 Å². The Kier molecular flexibility index (Phi) is 3.36. The first kappa shape index (κ1) is 9.03. The van der Waals surface area contributed by atoms with Crippen LogP contribution in [0, 0.1) is 0 Å². The molecule has 0 radical (unpaired) electrons. The van der Waals surface area contributed by atoms with Gasteiger partial charge in [0.1, 0.15) is 5.76 Å². The van der Waals surface area contributed by atoms with Gasteiger partial charge in [0, 0.05) is 6.54 Å². The zero-order valence-electron chi connectivity index (χ0n) is 5.68. The van der Waals surface area contributed by atoms with E-state index in [0.717, 1.165) is 10.2 Å². The van der Waals surface area contributed by atoms with Crippen LogP contribution in [0.4, 0.5) is 0 Å². The highest BCUT2D eigenvalue weighted by molar-refractivity contribution is 9.13. The zero-order chi connectivity index (χ0) is 8.27. The average Bonchev–Trinajstić information content (AvgIpc) is 2.28. The van der Waals surface area contributed by atoms with Crippen molar-refractivity contribution in [2.24, 2.45) is 5.73 Å². The van der Waals surface area contributed by atoms with Crippen LogP contribution in [0.3, 0.4) is 0 Å². The molecule has 4 heteroatoms. The molecule has 0 aliphatic rings. The van der Waals surface area contributed by atoms with Gasteiger partial charge in [0.15, 0.2) is 4.67 Å². The Balaban J connectivity index is 2.80. The molecule has 0 aromatic carbocycles. The molecular formula is C7H7Br2NO. The van der Waals surface area contributed by atoms with Crippen LogP contribution in [-0.4, -0.2) is 6.54 Å². The van der Waals surface area contributed by atoms with Crippen LogP contribution in [-0.2, 0) is 0 Å². The summed E-state index contributed by atoms with van der Waals surface area (Å²) in [6, 6.07) is 1.87. The van der Waals surface area contributed by atoms with Crippen molar-refractivity contribution in [1.82, 2.24) is 0 Å². The van der Waals surface area contributed by atoms with Crippen molar-refractivity contribution in [1.29, 1.82) is 0 Å². The first-order valence-corrected chi connectivity index (χ1v) is 4.64. The lowest BCUT2D eigenvalue weighted by Gasteiger charge is -1.81. The maximum absolute atomic E-state index is 5.27. The van der Waals surface area contributed by atoms with Crippen molar-refractivity contribution in [3.05, 3.63) is 27.0 Å². The Morgan fingerprint density at radius 2 is 2.27 bits per heavy atom. The minimum absolute atomic E-state index is 0.524. The largest absolute Gasteiger partial charge is 0.449 e. The van der Waals surface area contributed by atoms with E-state index in [0.29, 0.717) is 11.2 Å². The molecule has 0 unspecified atom stereocenters. The molecule has 1 aromatic heterocycles. The number of rotatable bonds is 2. The van der Waals surface area contributed by atoms with Gasteiger partial charge in [-0.05, 0) is 44.0 Å².